The number of hydrogen-bond acceptors (Lipinski definition) is 3. The van der Waals surface area contributed by atoms with Gasteiger partial charge in [-0.2, -0.15) is 0 Å². The number of carboxylic acid groups (broad SMARTS) is 1. The maximum Gasteiger partial charge on any atom is 0.326 e. The van der Waals surface area contributed by atoms with Gasteiger partial charge in [-0.3, -0.25) is 9.59 Å². The zero-order valence-corrected chi connectivity index (χ0v) is 16.7. The molecule has 2 rings (SSSR count). The van der Waals surface area contributed by atoms with E-state index in [-0.39, 0.29) is 12.3 Å². The Morgan fingerprint density at radius 1 is 0.800 bits per heavy atom. The molecule has 0 aliphatic carbocycles. The van der Waals surface area contributed by atoms with E-state index in [0.29, 0.717) is 19.4 Å². The molecule has 0 spiro atoms. The highest BCUT2D eigenvalue weighted by atomic mass is 16.4. The fourth-order valence-corrected chi connectivity index (χ4v) is 2.69. The van der Waals surface area contributed by atoms with Gasteiger partial charge < -0.3 is 15.7 Å². The van der Waals surface area contributed by atoms with Gasteiger partial charge in [-0.05, 0) is 42.5 Å². The van der Waals surface area contributed by atoms with Crippen molar-refractivity contribution in [2.24, 2.45) is 0 Å². The van der Waals surface area contributed by atoms with Crippen LogP contribution in [-0.4, -0.2) is 35.5 Å². The number of aliphatic carboxylic acids is 1. The molecule has 0 bridgehead atoms. The Morgan fingerprint density at radius 2 is 1.33 bits per heavy atom. The highest BCUT2D eigenvalue weighted by Gasteiger charge is 2.18. The zero-order valence-electron chi connectivity index (χ0n) is 16.7. The molecule has 30 heavy (non-hydrogen) atoms. The Bertz CT molecular complexity index is 877. The lowest BCUT2D eigenvalue weighted by Crippen LogP contribution is -2.40. The SMILES string of the molecule is O=C(/C=C/c1ccccc1)NCCCCC(NC(=O)/C=C/c1ccccc1)C(=O)O. The van der Waals surface area contributed by atoms with E-state index in [4.69, 9.17) is 0 Å². The number of unbranched alkanes of at least 4 members (excludes halogenated alkanes) is 1. The van der Waals surface area contributed by atoms with Crippen molar-refractivity contribution >= 4 is 29.9 Å². The van der Waals surface area contributed by atoms with Gasteiger partial charge in [0.25, 0.3) is 0 Å². The number of nitrogens with one attached hydrogen (secondary N) is 2. The van der Waals surface area contributed by atoms with E-state index in [1.165, 1.54) is 12.2 Å². The number of carbonyl (C=O) groups is 3. The predicted molar refractivity (Wildman–Crippen MR) is 117 cm³/mol. The predicted octanol–water partition coefficient (Wildman–Crippen LogP) is 3.27. The first kappa shape index (κ1) is 22.6. The summed E-state index contributed by atoms with van der Waals surface area (Å²) in [6.07, 6.45) is 7.61. The lowest BCUT2D eigenvalue weighted by molar-refractivity contribution is -0.141. The summed E-state index contributed by atoms with van der Waals surface area (Å²) in [5.41, 5.74) is 1.80. The third-order valence-corrected chi connectivity index (χ3v) is 4.29. The first-order valence-corrected chi connectivity index (χ1v) is 9.82. The van der Waals surface area contributed by atoms with Crippen molar-refractivity contribution in [2.75, 3.05) is 6.54 Å². The van der Waals surface area contributed by atoms with Crippen molar-refractivity contribution in [1.82, 2.24) is 10.6 Å². The van der Waals surface area contributed by atoms with Crippen molar-refractivity contribution in [3.05, 3.63) is 83.9 Å². The standard InChI is InChI=1S/C24H26N2O4/c27-22(16-14-19-9-3-1-4-10-19)25-18-8-7-13-21(24(29)30)26-23(28)17-15-20-11-5-2-6-12-20/h1-6,9-12,14-17,21H,7-8,13,18H2,(H,25,27)(H,26,28)(H,29,30)/b16-14+,17-15+. The summed E-state index contributed by atoms with van der Waals surface area (Å²) in [5, 5.41) is 14.6. The van der Waals surface area contributed by atoms with Gasteiger partial charge in [-0.25, -0.2) is 4.79 Å². The van der Waals surface area contributed by atoms with Crippen LogP contribution in [0.3, 0.4) is 0 Å². The molecular weight excluding hydrogens is 380 g/mol. The van der Waals surface area contributed by atoms with Gasteiger partial charge in [0.15, 0.2) is 0 Å². The number of carbonyl (C=O) groups excluding carboxylic acids is 2. The van der Waals surface area contributed by atoms with Crippen LogP contribution in [0.15, 0.2) is 72.8 Å². The van der Waals surface area contributed by atoms with Crippen molar-refractivity contribution in [1.29, 1.82) is 0 Å². The van der Waals surface area contributed by atoms with Crippen LogP contribution >= 0.6 is 0 Å². The summed E-state index contributed by atoms with van der Waals surface area (Å²) >= 11 is 0. The van der Waals surface area contributed by atoms with Crippen molar-refractivity contribution in [3.63, 3.8) is 0 Å². The summed E-state index contributed by atoms with van der Waals surface area (Å²) in [4.78, 5) is 35.2. The first-order chi connectivity index (χ1) is 14.5. The highest BCUT2D eigenvalue weighted by molar-refractivity contribution is 5.94. The summed E-state index contributed by atoms with van der Waals surface area (Å²) in [7, 11) is 0. The normalized spacial score (nSPS) is 12.0. The third-order valence-electron chi connectivity index (χ3n) is 4.29. The second-order valence-corrected chi connectivity index (χ2v) is 6.67. The molecule has 0 saturated heterocycles. The first-order valence-electron chi connectivity index (χ1n) is 9.82. The maximum absolute atomic E-state index is 12.0. The van der Waals surface area contributed by atoms with E-state index >= 15 is 0 Å². The molecule has 6 nitrogen and oxygen atoms in total. The molecule has 2 aromatic carbocycles. The average molecular weight is 406 g/mol. The van der Waals surface area contributed by atoms with Crippen LogP contribution in [0.5, 0.6) is 0 Å². The van der Waals surface area contributed by atoms with Gasteiger partial charge in [0.2, 0.25) is 11.8 Å². The summed E-state index contributed by atoms with van der Waals surface area (Å²) in [6.45, 7) is 0.437. The molecule has 6 heteroatoms. The van der Waals surface area contributed by atoms with Gasteiger partial charge in [0.05, 0.1) is 0 Å². The molecule has 1 unspecified atom stereocenters. The fourth-order valence-electron chi connectivity index (χ4n) is 2.69. The molecule has 0 heterocycles. The topological polar surface area (TPSA) is 95.5 Å². The zero-order chi connectivity index (χ0) is 21.6. The molecular formula is C24H26N2O4. The van der Waals surface area contributed by atoms with E-state index in [1.54, 1.807) is 12.2 Å². The number of carboxylic acids is 1. The van der Waals surface area contributed by atoms with Gasteiger partial charge >= 0.3 is 5.97 Å². The van der Waals surface area contributed by atoms with Crippen LogP contribution in [0.4, 0.5) is 0 Å². The van der Waals surface area contributed by atoms with Crippen LogP contribution in [0.25, 0.3) is 12.2 Å². The molecule has 2 amide bonds. The van der Waals surface area contributed by atoms with Gasteiger partial charge in [-0.15, -0.1) is 0 Å². The van der Waals surface area contributed by atoms with Crippen molar-refractivity contribution in [3.8, 4) is 0 Å². The molecule has 2 aromatic rings. The number of hydrogen-bond donors (Lipinski definition) is 3. The molecule has 0 aromatic heterocycles. The molecule has 0 radical (unpaired) electrons. The minimum absolute atomic E-state index is 0.201. The van der Waals surface area contributed by atoms with Crippen LogP contribution in [-0.2, 0) is 14.4 Å². The summed E-state index contributed by atoms with van der Waals surface area (Å²) < 4.78 is 0. The van der Waals surface area contributed by atoms with Gasteiger partial charge in [0.1, 0.15) is 6.04 Å². The van der Waals surface area contributed by atoms with E-state index < -0.39 is 17.9 Å². The minimum Gasteiger partial charge on any atom is -0.480 e. The van der Waals surface area contributed by atoms with Crippen LogP contribution in [0.2, 0.25) is 0 Å². The lowest BCUT2D eigenvalue weighted by atomic mass is 10.1. The summed E-state index contributed by atoms with van der Waals surface area (Å²) in [6, 6.07) is 17.8. The van der Waals surface area contributed by atoms with Crippen LogP contribution < -0.4 is 10.6 Å². The molecule has 1 atom stereocenters. The van der Waals surface area contributed by atoms with Crippen molar-refractivity contribution in [2.45, 2.75) is 25.3 Å². The van der Waals surface area contributed by atoms with Crippen molar-refractivity contribution < 1.29 is 19.5 Å². The Labute approximate surface area is 176 Å². The number of rotatable bonds is 11. The molecule has 0 aliphatic heterocycles. The molecule has 0 aliphatic rings. The third kappa shape index (κ3) is 9.01. The molecule has 0 fully saturated rings. The second-order valence-electron chi connectivity index (χ2n) is 6.67. The van der Waals surface area contributed by atoms with E-state index in [0.717, 1.165) is 11.1 Å². The van der Waals surface area contributed by atoms with Gasteiger partial charge in [0, 0.05) is 18.7 Å². The second kappa shape index (κ2) is 12.7. The highest BCUT2D eigenvalue weighted by Crippen LogP contribution is 2.04. The van der Waals surface area contributed by atoms with E-state index in [1.807, 2.05) is 60.7 Å². The van der Waals surface area contributed by atoms with Crippen LogP contribution in [0, 0.1) is 0 Å². The molecule has 156 valence electrons. The summed E-state index contributed by atoms with van der Waals surface area (Å²) in [5.74, 6) is -1.73. The maximum atomic E-state index is 12.0. The average Bonchev–Trinajstić information content (AvgIpc) is 2.76. The minimum atomic E-state index is -1.08. The Balaban J connectivity index is 1.67. The lowest BCUT2D eigenvalue weighted by Gasteiger charge is -2.13. The molecule has 0 saturated carbocycles. The van der Waals surface area contributed by atoms with Crippen LogP contribution in [0.1, 0.15) is 30.4 Å². The monoisotopic (exact) mass is 406 g/mol. The Kier molecular flexibility index (Phi) is 9.59. The van der Waals surface area contributed by atoms with E-state index in [9.17, 15) is 19.5 Å². The smallest absolute Gasteiger partial charge is 0.326 e. The van der Waals surface area contributed by atoms with E-state index in [2.05, 4.69) is 10.6 Å². The fraction of sp³-hybridized carbons (Fsp3) is 0.208. The Morgan fingerprint density at radius 3 is 1.87 bits per heavy atom. The van der Waals surface area contributed by atoms with Gasteiger partial charge in [-0.1, -0.05) is 60.7 Å². The number of amides is 2. The largest absolute Gasteiger partial charge is 0.480 e. The number of benzene rings is 2. The quantitative estimate of drug-likeness (QED) is 0.394. The Hall–Kier alpha value is -3.67. The molecule has 3 N–H and O–H groups in total.